The number of aliphatic hydroxyl groups is 2. The molecular formula is C56H78N12O13S2. The summed E-state index contributed by atoms with van der Waals surface area (Å²) in [5.41, 5.74) is 14.9. The van der Waals surface area contributed by atoms with Crippen LogP contribution < -0.4 is 59.3 Å². The van der Waals surface area contributed by atoms with Crippen molar-refractivity contribution in [1.29, 1.82) is 0 Å². The number of hydrogen-bond acceptors (Lipinski definition) is 17. The van der Waals surface area contributed by atoms with Gasteiger partial charge in [0.25, 0.3) is 0 Å². The summed E-state index contributed by atoms with van der Waals surface area (Å²) < 4.78 is 4.70. The summed E-state index contributed by atoms with van der Waals surface area (Å²) in [6, 6.07) is 13.6. The molecule has 27 heteroatoms. The average Bonchev–Trinajstić information content (AvgIpc) is 4.16. The summed E-state index contributed by atoms with van der Waals surface area (Å²) in [6.45, 7) is 5.25. The highest BCUT2D eigenvalue weighted by atomic mass is 32.2. The van der Waals surface area contributed by atoms with Crippen molar-refractivity contribution in [1.82, 2.24) is 52.8 Å². The fourth-order valence-electron chi connectivity index (χ4n) is 8.31. The lowest BCUT2D eigenvalue weighted by atomic mass is 10.0. The number of carbonyl (C=O) groups excluding carboxylic acids is 10. The molecule has 0 spiro atoms. The van der Waals surface area contributed by atoms with Crippen LogP contribution in [0.25, 0.3) is 10.9 Å². The summed E-state index contributed by atoms with van der Waals surface area (Å²) in [4.78, 5) is 139. The van der Waals surface area contributed by atoms with Crippen molar-refractivity contribution < 1.29 is 62.9 Å². The van der Waals surface area contributed by atoms with Crippen LogP contribution in [0, 0.1) is 0 Å². The molecule has 4 rings (SSSR count). The number of para-hydroxylation sites is 1. The maximum atomic E-state index is 14.9. The number of aliphatic hydroxyl groups excluding tert-OH is 2. The van der Waals surface area contributed by atoms with Gasteiger partial charge in [-0.2, -0.15) is 0 Å². The van der Waals surface area contributed by atoms with Gasteiger partial charge in [-0.3, -0.25) is 43.2 Å². The number of rotatable bonds is 35. The Balaban J connectivity index is 1.67. The second-order valence-corrected chi connectivity index (χ2v) is 21.7. The van der Waals surface area contributed by atoms with Gasteiger partial charge < -0.3 is 79.3 Å². The van der Waals surface area contributed by atoms with Gasteiger partial charge in [0.2, 0.25) is 53.2 Å². The van der Waals surface area contributed by atoms with Crippen LogP contribution in [0.1, 0.15) is 63.6 Å². The van der Waals surface area contributed by atoms with E-state index in [4.69, 9.17) is 16.2 Å². The molecule has 0 aliphatic rings. The van der Waals surface area contributed by atoms with Crippen LogP contribution >= 0.6 is 23.5 Å². The van der Waals surface area contributed by atoms with Gasteiger partial charge in [-0.25, -0.2) is 4.79 Å². The Bertz CT molecular complexity index is 2790. The number of aromatic nitrogens is 1. The third kappa shape index (κ3) is 23.3. The predicted octanol–water partition coefficient (Wildman–Crippen LogP) is -1.37. The number of unbranched alkanes of at least 4 members (excludes halogenated alkanes) is 1. The van der Waals surface area contributed by atoms with Crippen molar-refractivity contribution in [3.63, 3.8) is 0 Å². The fourth-order valence-corrected chi connectivity index (χ4v) is 10.1. The van der Waals surface area contributed by atoms with E-state index >= 15 is 0 Å². The second kappa shape index (κ2) is 35.4. The Morgan fingerprint density at radius 2 is 0.988 bits per heavy atom. The first-order valence-electron chi connectivity index (χ1n) is 26.9. The lowest BCUT2D eigenvalue weighted by molar-refractivity contribution is -0.148. The number of carbonyl (C=O) groups is 10. The van der Waals surface area contributed by atoms with Crippen molar-refractivity contribution >= 4 is 93.6 Å². The highest BCUT2D eigenvalue weighted by Gasteiger charge is 2.37. The minimum absolute atomic E-state index is 0.00358. The highest BCUT2D eigenvalue weighted by molar-refractivity contribution is 7.99. The molecule has 0 unspecified atom stereocenters. The molecule has 0 saturated heterocycles. The summed E-state index contributed by atoms with van der Waals surface area (Å²) in [5.74, 6) is -7.92. The Morgan fingerprint density at radius 3 is 1.52 bits per heavy atom. The normalized spacial score (nSPS) is 14.7. The topological polar surface area (TPSA) is 396 Å². The van der Waals surface area contributed by atoms with Gasteiger partial charge in [0, 0.05) is 55.3 Å². The van der Waals surface area contributed by atoms with E-state index in [1.54, 1.807) is 66.9 Å². The zero-order valence-corrected chi connectivity index (χ0v) is 48.7. The van der Waals surface area contributed by atoms with Crippen molar-refractivity contribution in [2.75, 3.05) is 36.9 Å². The maximum absolute atomic E-state index is 14.9. The number of H-pyrrole nitrogens is 1. The van der Waals surface area contributed by atoms with E-state index < -0.39 is 108 Å². The molecule has 16 N–H and O–H groups in total. The molecule has 4 aromatic rings. The van der Waals surface area contributed by atoms with E-state index in [0.29, 0.717) is 28.5 Å². The molecule has 0 radical (unpaired) electrons. The largest absolute Gasteiger partial charge is 0.467 e. The number of ether oxygens (including phenoxy) is 1. The zero-order chi connectivity index (χ0) is 61.0. The number of aromatic amines is 1. The number of amides is 9. The summed E-state index contributed by atoms with van der Waals surface area (Å²) >= 11 is 2.15. The van der Waals surface area contributed by atoms with Gasteiger partial charge in [0.05, 0.1) is 37.1 Å². The highest BCUT2D eigenvalue weighted by Crippen LogP contribution is 2.20. The fraction of sp³-hybridized carbons (Fsp3) is 0.464. The Labute approximate surface area is 490 Å². The van der Waals surface area contributed by atoms with Crippen molar-refractivity contribution in [2.45, 2.75) is 127 Å². The molecule has 0 bridgehead atoms. The molecule has 0 aliphatic heterocycles. The molecule has 1 heterocycles. The lowest BCUT2D eigenvalue weighted by Crippen LogP contribution is -2.62. The summed E-state index contributed by atoms with van der Waals surface area (Å²) in [7, 11) is 1.05. The monoisotopic (exact) mass is 1190 g/mol. The number of esters is 1. The molecule has 1 aromatic heterocycles. The van der Waals surface area contributed by atoms with E-state index in [9.17, 15) is 58.2 Å². The van der Waals surface area contributed by atoms with E-state index in [0.717, 1.165) is 36.2 Å². The number of fused-ring (bicyclic) bond motifs is 1. The van der Waals surface area contributed by atoms with Crippen LogP contribution in [0.15, 0.2) is 91.1 Å². The molecule has 25 nitrogen and oxygen atoms in total. The molecule has 0 saturated carbocycles. The van der Waals surface area contributed by atoms with Crippen LogP contribution in [0.2, 0.25) is 0 Å². The first-order chi connectivity index (χ1) is 39.6. The smallest absolute Gasteiger partial charge is 0.331 e. The standard InChI is InChI=1S/C56H78N12O13S2/c1-32(69)47(55(79)66-46(29-83-31-61-35(4)72)54(78)68-48(33(2)70)56(80)81-5)67-50(74)42(22-14-15-23-57)62-52(76)44(26-38-27-59-41-21-13-12-20-39(38)41)64-51(75)43(25-37-18-10-7-11-19-37)63-53(77)45(28-82-30-60-34(3)71)65-49(73)40(58)24-36-16-8-6-9-17-36/h6-13,16-21,27,32-33,40,42-48,59,69-70H,14-15,22-26,28-31,57-58H2,1-5H3,(H,60,71)(H,61,72)(H,62,76)(H,63,77)(H,64,75)(H,65,73)(H,66,79)(H,67,74)(H,68,78)/t32-,33-,40-,42+,43+,44-,45+,46+,47+,48+/m1/s1. The summed E-state index contributed by atoms with van der Waals surface area (Å²) in [6.07, 6.45) is -0.848. The van der Waals surface area contributed by atoms with Gasteiger partial charge in [-0.15, -0.1) is 23.5 Å². The Hall–Kier alpha value is -7.56. The number of methoxy groups -OCH3 is 1. The van der Waals surface area contributed by atoms with E-state index in [2.05, 4.69) is 52.8 Å². The molecule has 452 valence electrons. The molecular weight excluding hydrogens is 1110 g/mol. The van der Waals surface area contributed by atoms with E-state index in [-0.39, 0.29) is 73.7 Å². The van der Waals surface area contributed by atoms with Gasteiger partial charge in [0.1, 0.15) is 36.3 Å². The van der Waals surface area contributed by atoms with Crippen molar-refractivity contribution in [2.24, 2.45) is 11.5 Å². The minimum Gasteiger partial charge on any atom is -0.467 e. The second-order valence-electron chi connectivity index (χ2n) is 19.6. The van der Waals surface area contributed by atoms with Gasteiger partial charge in [0.15, 0.2) is 6.04 Å². The molecule has 10 atom stereocenters. The third-order valence-electron chi connectivity index (χ3n) is 12.8. The van der Waals surface area contributed by atoms with Crippen LogP contribution in [0.5, 0.6) is 0 Å². The molecule has 3 aromatic carbocycles. The van der Waals surface area contributed by atoms with E-state index in [1.165, 1.54) is 27.7 Å². The molecule has 9 amide bonds. The third-order valence-corrected chi connectivity index (χ3v) is 14.7. The Kier molecular flexibility index (Phi) is 29.0. The summed E-state index contributed by atoms with van der Waals surface area (Å²) in [5, 5.41) is 45.4. The first-order valence-corrected chi connectivity index (χ1v) is 29.2. The minimum atomic E-state index is -1.76. The molecule has 0 aliphatic carbocycles. The maximum Gasteiger partial charge on any atom is 0.331 e. The van der Waals surface area contributed by atoms with Gasteiger partial charge in [-0.1, -0.05) is 78.9 Å². The average molecular weight is 1190 g/mol. The number of nitrogens with one attached hydrogen (secondary N) is 10. The number of benzene rings is 3. The van der Waals surface area contributed by atoms with Crippen molar-refractivity contribution in [3.8, 4) is 0 Å². The quantitative estimate of drug-likeness (QED) is 0.0144. The zero-order valence-electron chi connectivity index (χ0n) is 47.1. The number of hydrogen-bond donors (Lipinski definition) is 14. The van der Waals surface area contributed by atoms with Gasteiger partial charge in [-0.05, 0) is 68.8 Å². The van der Waals surface area contributed by atoms with Crippen LogP contribution in [-0.4, -0.2) is 172 Å². The predicted molar refractivity (Wildman–Crippen MR) is 314 cm³/mol. The molecule has 0 fully saturated rings. The molecule has 83 heavy (non-hydrogen) atoms. The Morgan fingerprint density at radius 1 is 0.542 bits per heavy atom. The first kappa shape index (κ1) is 67.9. The number of thioether (sulfide) groups is 2. The van der Waals surface area contributed by atoms with Crippen LogP contribution in [0.4, 0.5) is 0 Å². The van der Waals surface area contributed by atoms with Gasteiger partial charge >= 0.3 is 5.97 Å². The van der Waals surface area contributed by atoms with E-state index in [1.807, 2.05) is 24.3 Å². The number of nitrogens with two attached hydrogens (primary N) is 2. The van der Waals surface area contributed by atoms with Crippen molar-refractivity contribution in [3.05, 3.63) is 108 Å². The van der Waals surface area contributed by atoms with Crippen LogP contribution in [0.3, 0.4) is 0 Å². The van der Waals surface area contributed by atoms with Crippen LogP contribution in [-0.2, 0) is 71.9 Å². The lowest BCUT2D eigenvalue weighted by Gasteiger charge is -2.29. The SMILES string of the molecule is COC(=O)[C@@H](NC(=O)[C@H](CSCNC(C)=O)NC(=O)[C@@H](NC(=O)[C@H](CCCCN)NC(=O)[C@@H](Cc1c[nH]c2ccccc12)NC(=O)[C@H](Cc1ccccc1)NC(=O)[C@H](CSCNC(C)=O)NC(=O)[C@H](N)Cc1ccccc1)[C@@H](C)O)[C@@H](C)O.